The fourth-order valence-corrected chi connectivity index (χ4v) is 4.82. The molecule has 4 atom stereocenters. The molecule has 2 aliphatic carbocycles. The molecule has 3 aliphatic rings. The van der Waals surface area contributed by atoms with Crippen LogP contribution in [-0.4, -0.2) is 27.8 Å². The number of phenolic OH excluding ortho intramolecular Hbond substituents is 1. The zero-order valence-corrected chi connectivity index (χ0v) is 15.7. The van der Waals surface area contributed by atoms with Crippen LogP contribution < -0.4 is 11.1 Å². The van der Waals surface area contributed by atoms with Gasteiger partial charge >= 0.3 is 0 Å². The maximum absolute atomic E-state index is 12.0. The number of nitrogens with one attached hydrogen (secondary N) is 1. The van der Waals surface area contributed by atoms with Gasteiger partial charge in [-0.1, -0.05) is 23.8 Å². The first-order valence-electron chi connectivity index (χ1n) is 9.30. The second-order valence-electron chi connectivity index (χ2n) is 7.61. The van der Waals surface area contributed by atoms with Gasteiger partial charge in [-0.15, -0.1) is 0 Å². The van der Waals surface area contributed by atoms with Crippen molar-refractivity contribution in [2.45, 2.75) is 18.9 Å². The van der Waals surface area contributed by atoms with Crippen LogP contribution in [0.15, 0.2) is 47.6 Å². The maximum atomic E-state index is 12.0. The summed E-state index contributed by atoms with van der Waals surface area (Å²) in [7, 11) is 0. The SMILES string of the molecule is NC(=O)[C@@H]1[C@H](Nc2c(Cl)cnc3c2N=C(c2ccc(O)cc2)C3)[C@H]2C=C[C@@H]1C2. The Morgan fingerprint density at radius 3 is 2.71 bits per heavy atom. The first kappa shape index (κ1) is 17.3. The van der Waals surface area contributed by atoms with Crippen LogP contribution in [0.4, 0.5) is 11.4 Å². The predicted molar refractivity (Wildman–Crippen MR) is 108 cm³/mol. The van der Waals surface area contributed by atoms with Gasteiger partial charge < -0.3 is 16.2 Å². The smallest absolute Gasteiger partial charge is 0.223 e. The Morgan fingerprint density at radius 2 is 1.96 bits per heavy atom. The molecule has 0 radical (unpaired) electrons. The van der Waals surface area contributed by atoms with Crippen molar-refractivity contribution in [3.8, 4) is 5.75 Å². The van der Waals surface area contributed by atoms with Crippen LogP contribution in [-0.2, 0) is 11.2 Å². The Balaban J connectivity index is 1.51. The van der Waals surface area contributed by atoms with Crippen LogP contribution in [0, 0.1) is 17.8 Å². The van der Waals surface area contributed by atoms with Crippen LogP contribution in [0.1, 0.15) is 17.7 Å². The number of phenols is 1. The van der Waals surface area contributed by atoms with Gasteiger partial charge in [0.2, 0.25) is 5.91 Å². The number of aromatic nitrogens is 1. The van der Waals surface area contributed by atoms with E-state index in [1.807, 2.05) is 12.1 Å². The summed E-state index contributed by atoms with van der Waals surface area (Å²) in [6.07, 6.45) is 7.39. The van der Waals surface area contributed by atoms with Crippen LogP contribution >= 0.6 is 11.6 Å². The van der Waals surface area contributed by atoms with E-state index in [9.17, 15) is 9.90 Å². The molecule has 7 heteroatoms. The number of hydrogen-bond donors (Lipinski definition) is 3. The molecule has 142 valence electrons. The van der Waals surface area contributed by atoms with Crippen molar-refractivity contribution in [1.29, 1.82) is 0 Å². The number of halogens is 1. The highest BCUT2D eigenvalue weighted by Crippen LogP contribution is 2.47. The van der Waals surface area contributed by atoms with E-state index in [0.717, 1.165) is 23.4 Å². The minimum absolute atomic E-state index is 0.0931. The van der Waals surface area contributed by atoms with Crippen molar-refractivity contribution in [2.75, 3.05) is 5.32 Å². The minimum atomic E-state index is -0.288. The Hall–Kier alpha value is -2.86. The summed E-state index contributed by atoms with van der Waals surface area (Å²) in [6, 6.07) is 6.85. The van der Waals surface area contributed by atoms with Gasteiger partial charge in [0, 0.05) is 18.7 Å². The lowest BCUT2D eigenvalue weighted by molar-refractivity contribution is -0.122. The average molecular weight is 395 g/mol. The number of amides is 1. The van der Waals surface area contributed by atoms with Crippen molar-refractivity contribution in [2.24, 2.45) is 28.5 Å². The average Bonchev–Trinajstić information content (AvgIpc) is 3.38. The van der Waals surface area contributed by atoms with Crippen molar-refractivity contribution >= 4 is 34.6 Å². The number of nitrogens with zero attached hydrogens (tertiary/aromatic N) is 2. The lowest BCUT2D eigenvalue weighted by Gasteiger charge is -2.28. The number of carbonyl (C=O) groups excluding carboxylic acids is 1. The zero-order valence-electron chi connectivity index (χ0n) is 15.0. The van der Waals surface area contributed by atoms with E-state index in [-0.39, 0.29) is 35.5 Å². The molecule has 1 aromatic carbocycles. The topological polar surface area (TPSA) is 101 Å². The molecule has 0 saturated heterocycles. The monoisotopic (exact) mass is 394 g/mol. The number of benzene rings is 1. The number of allylic oxidation sites excluding steroid dienone is 1. The summed E-state index contributed by atoms with van der Waals surface area (Å²) in [5.74, 6) is 0.112. The molecule has 2 bridgehead atoms. The molecule has 2 aromatic rings. The van der Waals surface area contributed by atoms with Gasteiger partial charge in [-0.3, -0.25) is 9.78 Å². The normalized spacial score (nSPS) is 27.0. The first-order chi connectivity index (χ1) is 13.5. The molecule has 28 heavy (non-hydrogen) atoms. The summed E-state index contributed by atoms with van der Waals surface area (Å²) in [4.78, 5) is 21.3. The summed E-state index contributed by atoms with van der Waals surface area (Å²) >= 11 is 6.47. The molecule has 0 spiro atoms. The van der Waals surface area contributed by atoms with Crippen LogP contribution in [0.25, 0.3) is 0 Å². The van der Waals surface area contributed by atoms with Gasteiger partial charge in [-0.2, -0.15) is 0 Å². The maximum Gasteiger partial charge on any atom is 0.223 e. The lowest BCUT2D eigenvalue weighted by atomic mass is 9.88. The van der Waals surface area contributed by atoms with Gasteiger partial charge in [0.25, 0.3) is 0 Å². The van der Waals surface area contributed by atoms with Gasteiger partial charge in [-0.05, 0) is 48.1 Å². The predicted octanol–water partition coefficient (Wildman–Crippen LogP) is 3.21. The number of carbonyl (C=O) groups is 1. The van der Waals surface area contributed by atoms with Crippen molar-refractivity contribution in [3.63, 3.8) is 0 Å². The molecule has 1 saturated carbocycles. The highest BCUT2D eigenvalue weighted by atomic mass is 35.5. The van der Waals surface area contributed by atoms with Crippen LogP contribution in [0.2, 0.25) is 5.02 Å². The number of primary amides is 1. The molecule has 1 aliphatic heterocycles. The Labute approximate surface area is 167 Å². The Morgan fingerprint density at radius 1 is 1.21 bits per heavy atom. The molecule has 1 amide bonds. The first-order valence-corrected chi connectivity index (χ1v) is 9.67. The molecular formula is C21H19ClN4O2. The van der Waals surface area contributed by atoms with E-state index in [4.69, 9.17) is 22.3 Å². The number of nitrogens with two attached hydrogens (primary N) is 1. The van der Waals surface area contributed by atoms with E-state index in [1.165, 1.54) is 0 Å². The molecule has 0 unspecified atom stereocenters. The number of hydrogen-bond acceptors (Lipinski definition) is 5. The largest absolute Gasteiger partial charge is 0.508 e. The number of aliphatic imine (C=N–C) groups is 1. The van der Waals surface area contributed by atoms with Gasteiger partial charge in [-0.25, -0.2) is 4.99 Å². The second kappa shape index (κ2) is 6.34. The van der Waals surface area contributed by atoms with Crippen LogP contribution in [0.3, 0.4) is 0 Å². The van der Waals surface area contributed by atoms with Gasteiger partial charge in [0.1, 0.15) is 11.4 Å². The highest BCUT2D eigenvalue weighted by molar-refractivity contribution is 6.34. The second-order valence-corrected chi connectivity index (χ2v) is 8.01. The van der Waals surface area contributed by atoms with E-state index >= 15 is 0 Å². The number of aromatic hydroxyl groups is 1. The highest BCUT2D eigenvalue weighted by Gasteiger charge is 2.47. The van der Waals surface area contributed by atoms with Crippen molar-refractivity contribution in [3.05, 3.63) is 58.9 Å². The molecule has 2 heterocycles. The number of fused-ring (bicyclic) bond motifs is 3. The molecule has 4 N–H and O–H groups in total. The summed E-state index contributed by atoms with van der Waals surface area (Å²) in [5, 5.41) is 13.5. The standard InChI is InChI=1S/C21H19ClN4O2/c22-14-9-24-16-8-15(10-3-5-13(27)6-4-10)25-20(16)19(14)26-18-12-2-1-11(7-12)17(18)21(23)28/h1-6,9,11-12,17-18,27H,7-8H2,(H2,23,28)(H,24,26)/t11-,12+,17+,18-/m1/s1. The zero-order chi connectivity index (χ0) is 19.4. The van der Waals surface area contributed by atoms with Crippen molar-refractivity contribution in [1.82, 2.24) is 4.98 Å². The van der Waals surface area contributed by atoms with E-state index in [0.29, 0.717) is 22.8 Å². The molecule has 6 nitrogen and oxygen atoms in total. The van der Waals surface area contributed by atoms with E-state index in [1.54, 1.807) is 18.3 Å². The number of pyridine rings is 1. The molecule has 1 aromatic heterocycles. The van der Waals surface area contributed by atoms with Gasteiger partial charge in [0.15, 0.2) is 0 Å². The molecule has 1 fully saturated rings. The third-order valence-electron chi connectivity index (χ3n) is 5.96. The number of rotatable bonds is 4. The summed E-state index contributed by atoms with van der Waals surface area (Å²) in [6.45, 7) is 0. The Kier molecular flexibility index (Phi) is 3.91. The molecule has 5 rings (SSSR count). The minimum Gasteiger partial charge on any atom is -0.508 e. The van der Waals surface area contributed by atoms with Crippen molar-refractivity contribution < 1.29 is 9.90 Å². The quantitative estimate of drug-likeness (QED) is 0.693. The van der Waals surface area contributed by atoms with Crippen LogP contribution in [0.5, 0.6) is 5.75 Å². The third-order valence-corrected chi connectivity index (χ3v) is 6.25. The lowest BCUT2D eigenvalue weighted by Crippen LogP contribution is -2.41. The summed E-state index contributed by atoms with van der Waals surface area (Å²) in [5.41, 5.74) is 9.73. The van der Waals surface area contributed by atoms with E-state index in [2.05, 4.69) is 22.5 Å². The fourth-order valence-electron chi connectivity index (χ4n) is 4.63. The Bertz CT molecular complexity index is 1030. The van der Waals surface area contributed by atoms with Gasteiger partial charge in [0.05, 0.1) is 28.0 Å². The van der Waals surface area contributed by atoms with E-state index < -0.39 is 0 Å². The number of anilines is 1. The molecular weight excluding hydrogens is 376 g/mol. The summed E-state index contributed by atoms with van der Waals surface area (Å²) < 4.78 is 0. The third kappa shape index (κ3) is 2.67. The fraction of sp³-hybridized carbons (Fsp3) is 0.286.